The van der Waals surface area contributed by atoms with Crippen LogP contribution in [0.2, 0.25) is 0 Å². The maximum Gasteiger partial charge on any atom is 0.154 e. The predicted octanol–water partition coefficient (Wildman–Crippen LogP) is 6.21. The SMILES string of the molecule is O=Cc1c(OCc2ccccc2)cc(OPI)cc1-c1cccc(F)c1. The second kappa shape index (κ2) is 9.10. The molecule has 3 nitrogen and oxygen atoms in total. The molecule has 0 aromatic heterocycles. The van der Waals surface area contributed by atoms with Crippen molar-refractivity contribution >= 4 is 34.8 Å². The van der Waals surface area contributed by atoms with Crippen molar-refractivity contribution < 1.29 is 18.4 Å². The van der Waals surface area contributed by atoms with E-state index in [0.29, 0.717) is 34.8 Å². The van der Waals surface area contributed by atoms with E-state index in [-0.39, 0.29) is 12.3 Å². The maximum absolute atomic E-state index is 13.7. The van der Waals surface area contributed by atoms with Crippen LogP contribution in [0.4, 0.5) is 4.39 Å². The average Bonchev–Trinajstić information content (AvgIpc) is 2.67. The highest BCUT2D eigenvalue weighted by atomic mass is 127. The molecule has 1 atom stereocenters. The van der Waals surface area contributed by atoms with E-state index in [2.05, 4.69) is 22.0 Å². The lowest BCUT2D eigenvalue weighted by Gasteiger charge is -2.15. The first-order valence-corrected chi connectivity index (χ1v) is 11.8. The molecular formula is C20H15FIO3P. The van der Waals surface area contributed by atoms with Gasteiger partial charge >= 0.3 is 0 Å². The summed E-state index contributed by atoms with van der Waals surface area (Å²) in [7, 11) is 0. The summed E-state index contributed by atoms with van der Waals surface area (Å²) < 4.78 is 25.2. The smallest absolute Gasteiger partial charge is 0.154 e. The van der Waals surface area contributed by atoms with Gasteiger partial charge in [0.05, 0.1) is 5.56 Å². The summed E-state index contributed by atoms with van der Waals surface area (Å²) in [6.07, 6.45) is 0.733. The number of aldehydes is 1. The lowest BCUT2D eigenvalue weighted by Crippen LogP contribution is -2.00. The summed E-state index contributed by atoms with van der Waals surface area (Å²) in [6, 6.07) is 19.2. The fourth-order valence-electron chi connectivity index (χ4n) is 2.58. The monoisotopic (exact) mass is 480 g/mol. The van der Waals surface area contributed by atoms with E-state index in [0.717, 1.165) is 11.8 Å². The minimum Gasteiger partial charge on any atom is -0.488 e. The summed E-state index contributed by atoms with van der Waals surface area (Å²) in [5.74, 6) is 0.620. The van der Waals surface area contributed by atoms with Gasteiger partial charge in [0.15, 0.2) is 6.29 Å². The van der Waals surface area contributed by atoms with Crippen LogP contribution >= 0.6 is 28.5 Å². The van der Waals surface area contributed by atoms with Gasteiger partial charge in [-0.25, -0.2) is 4.39 Å². The summed E-state index contributed by atoms with van der Waals surface area (Å²) in [6.45, 7) is 0.527. The van der Waals surface area contributed by atoms with E-state index < -0.39 is 0 Å². The number of carbonyl (C=O) groups excluding carboxylic acids is 1. The highest BCUT2D eigenvalue weighted by molar-refractivity contribution is 14.2. The Labute approximate surface area is 165 Å². The molecule has 0 spiro atoms. The first kappa shape index (κ1) is 18.8. The quantitative estimate of drug-likeness (QED) is 0.229. The Balaban J connectivity index is 2.03. The zero-order valence-corrected chi connectivity index (χ0v) is 16.8. The Kier molecular flexibility index (Phi) is 6.58. The Morgan fingerprint density at radius 3 is 2.54 bits per heavy atom. The number of rotatable bonds is 7. The summed E-state index contributed by atoms with van der Waals surface area (Å²) in [5.41, 5.74) is 2.53. The summed E-state index contributed by atoms with van der Waals surface area (Å²) in [5, 5.41) is 0. The highest BCUT2D eigenvalue weighted by Crippen LogP contribution is 2.38. The van der Waals surface area contributed by atoms with Crippen LogP contribution < -0.4 is 9.26 Å². The van der Waals surface area contributed by atoms with E-state index in [9.17, 15) is 9.18 Å². The van der Waals surface area contributed by atoms with Crippen LogP contribution in [-0.4, -0.2) is 6.29 Å². The predicted molar refractivity (Wildman–Crippen MR) is 111 cm³/mol. The summed E-state index contributed by atoms with van der Waals surface area (Å²) in [4.78, 5) is 11.8. The second-order valence-corrected chi connectivity index (χ2v) is 7.14. The molecule has 0 fully saturated rings. The molecule has 132 valence electrons. The highest BCUT2D eigenvalue weighted by Gasteiger charge is 2.15. The first-order chi connectivity index (χ1) is 12.7. The normalized spacial score (nSPS) is 10.8. The van der Waals surface area contributed by atoms with Crippen molar-refractivity contribution in [2.75, 3.05) is 0 Å². The molecule has 0 aliphatic carbocycles. The van der Waals surface area contributed by atoms with Crippen LogP contribution in [0.5, 0.6) is 11.5 Å². The zero-order valence-electron chi connectivity index (χ0n) is 13.6. The fourth-order valence-corrected chi connectivity index (χ4v) is 3.55. The minimum atomic E-state index is -0.367. The third kappa shape index (κ3) is 4.59. The third-order valence-corrected chi connectivity index (χ3v) is 4.74. The zero-order chi connectivity index (χ0) is 18.4. The van der Waals surface area contributed by atoms with E-state index in [1.807, 2.05) is 30.3 Å². The lowest BCUT2D eigenvalue weighted by atomic mass is 9.99. The van der Waals surface area contributed by atoms with Gasteiger partial charge in [-0.2, -0.15) is 0 Å². The Bertz CT molecular complexity index is 903. The number of benzene rings is 3. The molecule has 0 heterocycles. The van der Waals surface area contributed by atoms with Crippen molar-refractivity contribution in [3.8, 4) is 22.6 Å². The van der Waals surface area contributed by atoms with Gasteiger partial charge in [-0.05, 0) is 56.9 Å². The minimum absolute atomic E-state index is 0.208. The molecular weight excluding hydrogens is 465 g/mol. The molecule has 0 saturated carbocycles. The molecule has 0 aliphatic heterocycles. The van der Waals surface area contributed by atoms with E-state index >= 15 is 0 Å². The largest absolute Gasteiger partial charge is 0.488 e. The average molecular weight is 480 g/mol. The molecule has 0 amide bonds. The third-order valence-electron chi connectivity index (χ3n) is 3.76. The number of halogens is 2. The molecule has 0 saturated heterocycles. The van der Waals surface area contributed by atoms with Crippen molar-refractivity contribution in [3.05, 3.63) is 83.7 Å². The van der Waals surface area contributed by atoms with Crippen LogP contribution in [0, 0.1) is 5.82 Å². The second-order valence-electron chi connectivity index (χ2n) is 5.46. The van der Waals surface area contributed by atoms with Crippen molar-refractivity contribution in [1.29, 1.82) is 0 Å². The molecule has 3 aromatic carbocycles. The number of carbonyl (C=O) groups is 1. The topological polar surface area (TPSA) is 35.5 Å². The number of ether oxygens (including phenoxy) is 1. The molecule has 3 aromatic rings. The maximum atomic E-state index is 13.7. The number of hydrogen-bond donors (Lipinski definition) is 0. The van der Waals surface area contributed by atoms with Gasteiger partial charge in [-0.1, -0.05) is 42.5 Å². The molecule has 0 radical (unpaired) electrons. The molecule has 3 rings (SSSR count). The van der Waals surface area contributed by atoms with Crippen molar-refractivity contribution in [2.24, 2.45) is 0 Å². The van der Waals surface area contributed by atoms with Gasteiger partial charge < -0.3 is 9.26 Å². The van der Waals surface area contributed by atoms with Gasteiger partial charge in [-0.15, -0.1) is 0 Å². The van der Waals surface area contributed by atoms with Gasteiger partial charge in [0, 0.05) is 6.07 Å². The van der Waals surface area contributed by atoms with Crippen LogP contribution in [-0.2, 0) is 6.61 Å². The van der Waals surface area contributed by atoms with Crippen LogP contribution in [0.25, 0.3) is 11.1 Å². The Hall–Kier alpha value is -1.98. The molecule has 26 heavy (non-hydrogen) atoms. The Morgan fingerprint density at radius 2 is 1.85 bits per heavy atom. The van der Waals surface area contributed by atoms with Crippen LogP contribution in [0.15, 0.2) is 66.7 Å². The lowest BCUT2D eigenvalue weighted by molar-refractivity contribution is 0.111. The summed E-state index contributed by atoms with van der Waals surface area (Å²) >= 11 is 2.12. The van der Waals surface area contributed by atoms with Gasteiger partial charge in [0.25, 0.3) is 0 Å². The molecule has 0 aliphatic rings. The fraction of sp³-hybridized carbons (Fsp3) is 0.0500. The van der Waals surface area contributed by atoms with Crippen molar-refractivity contribution in [3.63, 3.8) is 0 Å². The van der Waals surface area contributed by atoms with Crippen LogP contribution in [0.3, 0.4) is 0 Å². The molecule has 0 N–H and O–H groups in total. The van der Waals surface area contributed by atoms with Gasteiger partial charge in [0.2, 0.25) is 0 Å². The van der Waals surface area contributed by atoms with Crippen molar-refractivity contribution in [2.45, 2.75) is 6.61 Å². The van der Waals surface area contributed by atoms with Gasteiger partial charge in [0.1, 0.15) is 30.4 Å². The van der Waals surface area contributed by atoms with Crippen molar-refractivity contribution in [1.82, 2.24) is 0 Å². The van der Waals surface area contributed by atoms with E-state index in [1.54, 1.807) is 24.3 Å². The standard InChI is InChI=1S/C20H15FIO3P/c21-16-8-4-7-15(9-16)18-10-17(25-26-22)11-20(19(18)12-23)24-13-14-5-2-1-3-6-14/h1-12,26H,13H2. The van der Waals surface area contributed by atoms with Gasteiger partial charge in [-0.3, -0.25) is 4.79 Å². The van der Waals surface area contributed by atoms with E-state index in [1.165, 1.54) is 12.1 Å². The first-order valence-electron chi connectivity index (χ1n) is 7.79. The van der Waals surface area contributed by atoms with Crippen LogP contribution in [0.1, 0.15) is 15.9 Å². The van der Waals surface area contributed by atoms with E-state index in [4.69, 9.17) is 9.26 Å². The number of hydrogen-bond acceptors (Lipinski definition) is 3. The molecule has 6 heteroatoms. The Morgan fingerprint density at radius 1 is 1.04 bits per heavy atom. The molecule has 1 unspecified atom stereocenters. The molecule has 0 bridgehead atoms.